The van der Waals surface area contributed by atoms with Gasteiger partial charge in [0.15, 0.2) is 0 Å². The molecule has 4 heteroatoms. The molecule has 0 spiro atoms. The zero-order chi connectivity index (χ0) is 16.4. The van der Waals surface area contributed by atoms with E-state index >= 15 is 0 Å². The first-order chi connectivity index (χ1) is 10.9. The van der Waals surface area contributed by atoms with Crippen LogP contribution in [0.2, 0.25) is 0 Å². The Kier molecular flexibility index (Phi) is 3.57. The second-order valence-electron chi connectivity index (χ2n) is 9.61. The normalized spacial score (nSPS) is 55.6. The molecular formula is C19H32N2O2. The van der Waals surface area contributed by atoms with E-state index in [4.69, 9.17) is 5.73 Å². The highest BCUT2D eigenvalue weighted by molar-refractivity contribution is 5.09. The van der Waals surface area contributed by atoms with Crippen molar-refractivity contribution >= 4 is 0 Å². The lowest BCUT2D eigenvalue weighted by Gasteiger charge is -2.60. The van der Waals surface area contributed by atoms with Crippen LogP contribution in [0.15, 0.2) is 0 Å². The summed E-state index contributed by atoms with van der Waals surface area (Å²) in [4.78, 5) is 11.6. The Balaban J connectivity index is 1.61. The first-order valence-electron chi connectivity index (χ1n) is 9.75. The summed E-state index contributed by atoms with van der Waals surface area (Å²) in [5.41, 5.74) is 6.66. The van der Waals surface area contributed by atoms with Gasteiger partial charge in [-0.1, -0.05) is 13.8 Å². The highest BCUT2D eigenvalue weighted by Crippen LogP contribution is 2.66. The van der Waals surface area contributed by atoms with Gasteiger partial charge in [0.05, 0.1) is 0 Å². The van der Waals surface area contributed by atoms with Crippen molar-refractivity contribution in [1.82, 2.24) is 0 Å². The Bertz CT molecular complexity index is 510. The number of nitro groups is 1. The molecule has 8 atom stereocenters. The second-order valence-corrected chi connectivity index (χ2v) is 9.61. The van der Waals surface area contributed by atoms with E-state index < -0.39 is 0 Å². The number of hydrogen-bond donors (Lipinski definition) is 1. The smallest absolute Gasteiger partial charge is 0.218 e. The van der Waals surface area contributed by atoms with Gasteiger partial charge in [0.1, 0.15) is 0 Å². The average Bonchev–Trinajstić information content (AvgIpc) is 2.85. The van der Waals surface area contributed by atoms with Crippen LogP contribution in [0.3, 0.4) is 0 Å². The molecular weight excluding hydrogens is 288 g/mol. The van der Waals surface area contributed by atoms with Crippen molar-refractivity contribution in [2.24, 2.45) is 40.2 Å². The van der Waals surface area contributed by atoms with Crippen molar-refractivity contribution in [2.45, 2.75) is 83.7 Å². The lowest BCUT2D eigenvalue weighted by atomic mass is 9.45. The summed E-state index contributed by atoms with van der Waals surface area (Å²) in [6.45, 7) is 4.77. The zero-order valence-corrected chi connectivity index (χ0v) is 14.7. The van der Waals surface area contributed by atoms with Crippen LogP contribution in [-0.4, -0.2) is 17.0 Å². The summed E-state index contributed by atoms with van der Waals surface area (Å²) < 4.78 is 0. The topological polar surface area (TPSA) is 69.2 Å². The molecule has 4 aliphatic carbocycles. The summed E-state index contributed by atoms with van der Waals surface area (Å²) in [5, 5.41) is 11.5. The zero-order valence-electron chi connectivity index (χ0n) is 14.7. The van der Waals surface area contributed by atoms with Gasteiger partial charge in [-0.05, 0) is 80.5 Å². The molecule has 130 valence electrons. The second kappa shape index (κ2) is 5.18. The van der Waals surface area contributed by atoms with E-state index in [1.807, 2.05) is 0 Å². The SMILES string of the molecule is C[C@]12CC[C@@H](N)C[C@@H]1CC[C@@H]1[C@@H]2CC[C@]2(C)[C@@H]([N+](=O)[O-])CC[C@@H]12. The number of rotatable bonds is 1. The highest BCUT2D eigenvalue weighted by atomic mass is 16.6. The van der Waals surface area contributed by atoms with E-state index in [9.17, 15) is 10.1 Å². The molecule has 4 aliphatic rings. The number of nitrogens with zero attached hydrogens (tertiary/aromatic N) is 1. The quantitative estimate of drug-likeness (QED) is 0.586. The number of nitrogens with two attached hydrogens (primary N) is 1. The van der Waals surface area contributed by atoms with Crippen LogP contribution >= 0.6 is 0 Å². The van der Waals surface area contributed by atoms with E-state index in [0.717, 1.165) is 37.0 Å². The van der Waals surface area contributed by atoms with Crippen molar-refractivity contribution < 1.29 is 4.92 Å². The molecule has 0 unspecified atom stereocenters. The van der Waals surface area contributed by atoms with Crippen molar-refractivity contribution in [3.8, 4) is 0 Å². The molecule has 0 aromatic carbocycles. The fourth-order valence-corrected chi connectivity index (χ4v) is 7.61. The van der Waals surface area contributed by atoms with E-state index in [2.05, 4.69) is 13.8 Å². The van der Waals surface area contributed by atoms with Gasteiger partial charge in [0.2, 0.25) is 6.04 Å². The summed E-state index contributed by atoms with van der Waals surface area (Å²) in [6.07, 6.45) is 10.4. The van der Waals surface area contributed by atoms with Gasteiger partial charge in [-0.3, -0.25) is 10.1 Å². The van der Waals surface area contributed by atoms with Crippen molar-refractivity contribution in [1.29, 1.82) is 0 Å². The van der Waals surface area contributed by atoms with Gasteiger partial charge in [-0.2, -0.15) is 0 Å². The lowest BCUT2D eigenvalue weighted by molar-refractivity contribution is -0.540. The molecule has 0 aliphatic heterocycles. The maximum Gasteiger partial charge on any atom is 0.218 e. The van der Waals surface area contributed by atoms with Crippen molar-refractivity contribution in [2.75, 3.05) is 0 Å². The van der Waals surface area contributed by atoms with Crippen LogP contribution in [0.5, 0.6) is 0 Å². The van der Waals surface area contributed by atoms with Crippen molar-refractivity contribution in [3.63, 3.8) is 0 Å². The summed E-state index contributed by atoms with van der Waals surface area (Å²) in [7, 11) is 0. The molecule has 4 saturated carbocycles. The minimum absolute atomic E-state index is 0.0350. The van der Waals surface area contributed by atoms with Gasteiger partial charge in [-0.15, -0.1) is 0 Å². The minimum atomic E-state index is -0.293. The van der Waals surface area contributed by atoms with Gasteiger partial charge in [-0.25, -0.2) is 0 Å². The van der Waals surface area contributed by atoms with E-state index in [-0.39, 0.29) is 16.4 Å². The molecule has 4 rings (SSSR count). The Morgan fingerprint density at radius 2 is 1.65 bits per heavy atom. The monoisotopic (exact) mass is 320 g/mol. The van der Waals surface area contributed by atoms with Crippen LogP contribution in [0, 0.1) is 44.6 Å². The lowest BCUT2D eigenvalue weighted by Crippen LogP contribution is -2.55. The van der Waals surface area contributed by atoms with E-state index in [0.29, 0.717) is 17.4 Å². The molecule has 0 bridgehead atoms. The minimum Gasteiger partial charge on any atom is -0.328 e. The molecule has 0 saturated heterocycles. The Morgan fingerprint density at radius 3 is 2.39 bits per heavy atom. The molecule has 0 heterocycles. The summed E-state index contributed by atoms with van der Waals surface area (Å²) in [5.74, 6) is 2.90. The molecule has 0 amide bonds. The third-order valence-corrected chi connectivity index (χ3v) is 8.91. The van der Waals surface area contributed by atoms with Crippen LogP contribution in [0.1, 0.15) is 71.6 Å². The molecule has 4 nitrogen and oxygen atoms in total. The van der Waals surface area contributed by atoms with E-state index in [1.54, 1.807) is 0 Å². The van der Waals surface area contributed by atoms with Gasteiger partial charge in [0, 0.05) is 22.8 Å². The van der Waals surface area contributed by atoms with Crippen LogP contribution < -0.4 is 5.73 Å². The van der Waals surface area contributed by atoms with E-state index in [1.165, 1.54) is 38.5 Å². The van der Waals surface area contributed by atoms with Crippen molar-refractivity contribution in [3.05, 3.63) is 10.1 Å². The maximum absolute atomic E-state index is 11.5. The summed E-state index contributed by atoms with van der Waals surface area (Å²) in [6, 6.07) is 0.114. The third-order valence-electron chi connectivity index (χ3n) is 8.91. The summed E-state index contributed by atoms with van der Waals surface area (Å²) >= 11 is 0. The number of hydrogen-bond acceptors (Lipinski definition) is 3. The average molecular weight is 320 g/mol. The largest absolute Gasteiger partial charge is 0.328 e. The third kappa shape index (κ3) is 2.13. The molecule has 23 heavy (non-hydrogen) atoms. The molecule has 0 radical (unpaired) electrons. The highest BCUT2D eigenvalue weighted by Gasteiger charge is 2.63. The van der Waals surface area contributed by atoms with Gasteiger partial charge < -0.3 is 5.73 Å². The maximum atomic E-state index is 11.5. The fourth-order valence-electron chi connectivity index (χ4n) is 7.61. The van der Waals surface area contributed by atoms with Gasteiger partial charge in [0.25, 0.3) is 0 Å². The van der Waals surface area contributed by atoms with Gasteiger partial charge >= 0.3 is 0 Å². The Labute approximate surface area is 139 Å². The fraction of sp³-hybridized carbons (Fsp3) is 1.00. The Morgan fingerprint density at radius 1 is 0.957 bits per heavy atom. The molecule has 4 fully saturated rings. The molecule has 2 N–H and O–H groups in total. The molecule has 0 aromatic heterocycles. The first-order valence-corrected chi connectivity index (χ1v) is 9.75. The standard InChI is InChI=1S/C19H32N2O2/c1-18-9-7-13(20)11-12(18)3-4-14-15-5-6-17(21(22)23)19(15,2)10-8-16(14)18/h12-17H,3-11,20H2,1-2H3/t12-,13+,14-,15-,16-,17-,18-,19-/m0/s1. The molecule has 0 aromatic rings. The first kappa shape index (κ1) is 15.9. The Hall–Kier alpha value is -0.640. The predicted octanol–water partition coefficient (Wildman–Crippen LogP) is 4.00. The van der Waals surface area contributed by atoms with Crippen LogP contribution in [-0.2, 0) is 0 Å². The predicted molar refractivity (Wildman–Crippen MR) is 90.5 cm³/mol. The van der Waals surface area contributed by atoms with Crippen LogP contribution in [0.25, 0.3) is 0 Å². The van der Waals surface area contributed by atoms with Crippen LogP contribution in [0.4, 0.5) is 0 Å². The number of fused-ring (bicyclic) bond motifs is 5.